The smallest absolute Gasteiger partial charge is 0.136 e. The number of para-hydroxylation sites is 1. The molecule has 11 aromatic carbocycles. The molecule has 3 heterocycles. The van der Waals surface area contributed by atoms with Crippen LogP contribution in [0.5, 0.6) is 0 Å². The van der Waals surface area contributed by atoms with Gasteiger partial charge in [-0.2, -0.15) is 0 Å². The van der Waals surface area contributed by atoms with Crippen LogP contribution < -0.4 is 4.90 Å². The topological polar surface area (TPSA) is 16.4 Å². The van der Waals surface area contributed by atoms with Gasteiger partial charge in [0.2, 0.25) is 0 Å². The van der Waals surface area contributed by atoms with Gasteiger partial charge in [-0.05, 0) is 157 Å². The summed E-state index contributed by atoms with van der Waals surface area (Å²) in [5, 5.41) is 2.27. The highest BCUT2D eigenvalue weighted by atomic mass is 32.2. The monoisotopic (exact) mass is 951 g/mol. The van der Waals surface area contributed by atoms with Gasteiger partial charge in [-0.1, -0.05) is 193 Å². The third kappa shape index (κ3) is 5.38. The Morgan fingerprint density at radius 3 is 1.18 bits per heavy atom. The minimum Gasteiger partial charge on any atom is -0.456 e. The molecule has 0 radical (unpaired) electrons. The zero-order valence-corrected chi connectivity index (χ0v) is 40.5. The van der Waals surface area contributed by atoms with Crippen molar-refractivity contribution in [1.82, 2.24) is 0 Å². The molecule has 1 aromatic heterocycles. The van der Waals surface area contributed by atoms with Crippen molar-refractivity contribution in [1.29, 1.82) is 0 Å². The Morgan fingerprint density at radius 2 is 0.667 bits per heavy atom. The molecule has 0 N–H and O–H groups in total. The molecular formula is C68H41NOS2. The molecule has 0 saturated carbocycles. The minimum atomic E-state index is -0.512. The largest absolute Gasteiger partial charge is 0.456 e. The van der Waals surface area contributed by atoms with Crippen molar-refractivity contribution in [3.63, 3.8) is 0 Å². The maximum absolute atomic E-state index is 6.38. The van der Waals surface area contributed by atoms with E-state index in [9.17, 15) is 0 Å². The van der Waals surface area contributed by atoms with Gasteiger partial charge in [0.15, 0.2) is 0 Å². The fraction of sp³-hybridized carbons (Fsp3) is 0.0294. The average Bonchev–Trinajstić information content (AvgIpc) is 4.06. The van der Waals surface area contributed by atoms with Crippen LogP contribution in [0.4, 0.5) is 17.1 Å². The summed E-state index contributed by atoms with van der Waals surface area (Å²) in [6.45, 7) is 0. The maximum atomic E-state index is 6.38. The number of hydrogen-bond acceptors (Lipinski definition) is 4. The quantitative estimate of drug-likeness (QED) is 0.175. The molecule has 2 aliphatic heterocycles. The predicted octanol–water partition coefficient (Wildman–Crippen LogP) is 18.4. The summed E-state index contributed by atoms with van der Waals surface area (Å²) in [7, 11) is 0. The Morgan fingerprint density at radius 1 is 0.278 bits per heavy atom. The van der Waals surface area contributed by atoms with Crippen LogP contribution in [0, 0.1) is 0 Å². The van der Waals surface area contributed by atoms with Gasteiger partial charge in [-0.3, -0.25) is 0 Å². The van der Waals surface area contributed by atoms with Gasteiger partial charge in [0.1, 0.15) is 11.2 Å². The van der Waals surface area contributed by atoms with Gasteiger partial charge in [-0.25, -0.2) is 0 Å². The molecule has 2 nitrogen and oxygen atoms in total. The summed E-state index contributed by atoms with van der Waals surface area (Å²) in [6.07, 6.45) is 0. The van der Waals surface area contributed by atoms with E-state index in [4.69, 9.17) is 4.42 Å². The van der Waals surface area contributed by atoms with Crippen LogP contribution in [0.25, 0.3) is 55.3 Å². The molecule has 4 heteroatoms. The van der Waals surface area contributed by atoms with E-state index in [1.165, 1.54) is 86.3 Å². The van der Waals surface area contributed by atoms with Gasteiger partial charge in [0.25, 0.3) is 0 Å². The second-order valence-corrected chi connectivity index (χ2v) is 21.6. The zero-order valence-electron chi connectivity index (χ0n) is 38.8. The second-order valence-electron chi connectivity index (χ2n) is 19.4. The highest BCUT2D eigenvalue weighted by molar-refractivity contribution is 7.99. The first-order valence-electron chi connectivity index (χ1n) is 24.7. The van der Waals surface area contributed by atoms with Crippen molar-refractivity contribution >= 4 is 62.5 Å². The second kappa shape index (κ2) is 15.1. The molecule has 336 valence electrons. The third-order valence-electron chi connectivity index (χ3n) is 16.0. The molecule has 0 atom stereocenters. The van der Waals surface area contributed by atoms with Crippen LogP contribution >= 0.6 is 23.5 Å². The van der Waals surface area contributed by atoms with E-state index >= 15 is 0 Å². The molecule has 2 spiro atoms. The van der Waals surface area contributed by atoms with Gasteiger partial charge >= 0.3 is 0 Å². The molecule has 12 aromatic rings. The number of nitrogens with zero attached hydrogens (tertiary/aromatic N) is 1. The lowest BCUT2D eigenvalue weighted by Gasteiger charge is -2.40. The van der Waals surface area contributed by atoms with Crippen molar-refractivity contribution in [2.24, 2.45) is 0 Å². The molecule has 0 fully saturated rings. The Labute approximate surface area is 426 Å². The summed E-state index contributed by atoms with van der Waals surface area (Å²) < 4.78 is 6.38. The third-order valence-corrected chi connectivity index (χ3v) is 18.3. The number of hydrogen-bond donors (Lipinski definition) is 0. The molecule has 0 saturated heterocycles. The van der Waals surface area contributed by atoms with E-state index in [0.29, 0.717) is 0 Å². The number of benzene rings is 11. The zero-order chi connectivity index (χ0) is 47.1. The van der Waals surface area contributed by atoms with E-state index in [2.05, 4.69) is 241 Å². The van der Waals surface area contributed by atoms with Crippen LogP contribution in [0.15, 0.2) is 273 Å². The van der Waals surface area contributed by atoms with Crippen molar-refractivity contribution in [3.05, 3.63) is 293 Å². The van der Waals surface area contributed by atoms with E-state index in [1.54, 1.807) is 0 Å². The number of anilines is 3. The molecule has 72 heavy (non-hydrogen) atoms. The lowest BCUT2D eigenvalue weighted by atomic mass is 9.67. The summed E-state index contributed by atoms with van der Waals surface area (Å²) >= 11 is 3.77. The number of rotatable bonds is 4. The number of furan rings is 1. The standard InChI is InChI=1S/C68H41NOS2/c1-4-18-53-47(15-1)49-37-34-45(40-59(49)67(53)55-20-6-11-25-63(55)71-64-26-12-7-21-56(64)67)69(44-32-29-42(30-33-44)43-31-36-52-51-17-3-10-24-61(51)70-62(52)39-43)46-35-38-50-48-16-2-5-19-54(48)68(60(50)41-46)57-22-8-13-27-65(57)72-66-28-14-9-23-58(66)68/h1-41H. The molecule has 2 aliphatic carbocycles. The van der Waals surface area contributed by atoms with E-state index in [0.717, 1.165) is 50.1 Å². The molecular weight excluding hydrogens is 911 g/mol. The van der Waals surface area contributed by atoms with Crippen molar-refractivity contribution in [2.45, 2.75) is 30.4 Å². The van der Waals surface area contributed by atoms with Crippen LogP contribution in [0.1, 0.15) is 44.5 Å². The Kier molecular flexibility index (Phi) is 8.49. The summed E-state index contributed by atoms with van der Waals surface area (Å²) in [5.41, 5.74) is 22.1. The fourth-order valence-electron chi connectivity index (χ4n) is 13.1. The lowest BCUT2D eigenvalue weighted by molar-refractivity contribution is 0.669. The maximum Gasteiger partial charge on any atom is 0.136 e. The van der Waals surface area contributed by atoms with E-state index in [1.807, 2.05) is 35.7 Å². The first kappa shape index (κ1) is 40.4. The van der Waals surface area contributed by atoms with Crippen molar-refractivity contribution in [3.8, 4) is 33.4 Å². The van der Waals surface area contributed by atoms with Crippen LogP contribution in [-0.2, 0) is 10.8 Å². The SMILES string of the molecule is c1ccc2c(c1)Sc1ccccc1C21c2ccccc2-c2ccc(N(c3ccc(-c4ccc5c(c4)oc4ccccc45)cc3)c3ccc4c(c3)C3(c5ccccc5Sc5ccccc53)c3ccccc3-4)cc21. The molecule has 0 amide bonds. The van der Waals surface area contributed by atoms with E-state index in [-0.39, 0.29) is 0 Å². The Hall–Kier alpha value is -8.28. The van der Waals surface area contributed by atoms with Gasteiger partial charge < -0.3 is 9.32 Å². The van der Waals surface area contributed by atoms with Crippen LogP contribution in [0.2, 0.25) is 0 Å². The normalized spacial score (nSPS) is 14.5. The summed E-state index contributed by atoms with van der Waals surface area (Å²) in [6, 6.07) is 93.1. The first-order chi connectivity index (χ1) is 35.7. The summed E-state index contributed by atoms with van der Waals surface area (Å²) in [4.78, 5) is 7.70. The molecule has 0 unspecified atom stereocenters. The van der Waals surface area contributed by atoms with E-state index < -0.39 is 10.8 Å². The van der Waals surface area contributed by atoms with Gasteiger partial charge in [0.05, 0.1) is 10.8 Å². The van der Waals surface area contributed by atoms with Crippen LogP contribution in [0.3, 0.4) is 0 Å². The number of fused-ring (bicyclic) bond motifs is 21. The highest BCUT2D eigenvalue weighted by Crippen LogP contribution is 2.65. The van der Waals surface area contributed by atoms with Crippen LogP contribution in [-0.4, -0.2) is 0 Å². The summed E-state index contributed by atoms with van der Waals surface area (Å²) in [5.74, 6) is 0. The minimum absolute atomic E-state index is 0.512. The van der Waals surface area contributed by atoms with Crippen molar-refractivity contribution < 1.29 is 4.42 Å². The lowest BCUT2D eigenvalue weighted by Crippen LogP contribution is -2.32. The highest BCUT2D eigenvalue weighted by Gasteiger charge is 2.52. The van der Waals surface area contributed by atoms with Crippen molar-refractivity contribution in [2.75, 3.05) is 4.90 Å². The first-order valence-corrected chi connectivity index (χ1v) is 26.4. The average molecular weight is 952 g/mol. The molecule has 4 aliphatic rings. The predicted molar refractivity (Wildman–Crippen MR) is 297 cm³/mol. The Bertz CT molecular complexity index is 3970. The fourth-order valence-corrected chi connectivity index (χ4v) is 15.5. The van der Waals surface area contributed by atoms with Gasteiger partial charge in [0, 0.05) is 47.4 Å². The molecule has 0 bridgehead atoms. The Balaban J connectivity index is 0.940. The molecule has 16 rings (SSSR count). The van der Waals surface area contributed by atoms with Gasteiger partial charge in [-0.15, -0.1) is 0 Å².